The Morgan fingerprint density at radius 3 is 2.35 bits per heavy atom. The molecular weight excluding hydrogens is 376 g/mol. The Morgan fingerprint density at radius 1 is 0.968 bits per heavy atom. The van der Waals surface area contributed by atoms with E-state index in [2.05, 4.69) is 55.4 Å². The van der Waals surface area contributed by atoms with Gasteiger partial charge in [0.25, 0.3) is 0 Å². The van der Waals surface area contributed by atoms with E-state index in [1.165, 1.54) is 63.4 Å². The molecule has 0 heterocycles. The predicted octanol–water partition coefficient (Wildman–Crippen LogP) is 8.48. The fourth-order valence-corrected chi connectivity index (χ4v) is 9.15. The van der Waals surface area contributed by atoms with Gasteiger partial charge < -0.3 is 5.11 Å². The zero-order valence-corrected chi connectivity index (χ0v) is 21.9. The number of aliphatic hydroxyl groups is 1. The minimum absolute atomic E-state index is 0.0781. The lowest BCUT2D eigenvalue weighted by atomic mass is 9.45. The van der Waals surface area contributed by atoms with Gasteiger partial charge in [-0.1, -0.05) is 56.9 Å². The molecule has 176 valence electrons. The van der Waals surface area contributed by atoms with Gasteiger partial charge in [-0.2, -0.15) is 0 Å². The van der Waals surface area contributed by atoms with Gasteiger partial charge in [-0.25, -0.2) is 0 Å². The Morgan fingerprint density at radius 2 is 1.68 bits per heavy atom. The van der Waals surface area contributed by atoms with E-state index in [1.54, 1.807) is 5.57 Å². The van der Waals surface area contributed by atoms with Crippen molar-refractivity contribution in [2.24, 2.45) is 39.9 Å². The summed E-state index contributed by atoms with van der Waals surface area (Å²) in [5.74, 6) is 2.84. The minimum Gasteiger partial charge on any atom is -0.393 e. The largest absolute Gasteiger partial charge is 0.393 e. The Bertz CT molecular complexity index is 769. The van der Waals surface area contributed by atoms with E-state index in [1.807, 2.05) is 11.1 Å². The molecule has 1 N–H and O–H groups in total. The van der Waals surface area contributed by atoms with Crippen molar-refractivity contribution in [3.63, 3.8) is 0 Å². The molecule has 4 aliphatic carbocycles. The highest BCUT2D eigenvalue weighted by Gasteiger charge is 2.62. The zero-order valence-electron chi connectivity index (χ0n) is 21.9. The number of fused-ring (bicyclic) bond motifs is 4. The summed E-state index contributed by atoms with van der Waals surface area (Å²) in [5.41, 5.74) is 8.08. The van der Waals surface area contributed by atoms with E-state index in [9.17, 15) is 5.11 Å². The van der Waals surface area contributed by atoms with Crippen LogP contribution in [0, 0.1) is 39.9 Å². The van der Waals surface area contributed by atoms with Crippen LogP contribution in [0.15, 0.2) is 22.3 Å². The van der Waals surface area contributed by atoms with Crippen molar-refractivity contribution in [3.05, 3.63) is 22.3 Å². The smallest absolute Gasteiger partial charge is 0.0569 e. The molecule has 0 bridgehead atoms. The lowest BCUT2D eigenvalue weighted by molar-refractivity contribution is -0.0413. The second-order valence-corrected chi connectivity index (χ2v) is 13.2. The van der Waals surface area contributed by atoms with E-state index in [-0.39, 0.29) is 6.10 Å². The summed E-state index contributed by atoms with van der Waals surface area (Å²) < 4.78 is 0. The van der Waals surface area contributed by atoms with Crippen molar-refractivity contribution < 1.29 is 5.11 Å². The SMILES string of the molecule is CC(C)=C(C)CC[C@@H](C)C1CC[C@@]2(C)C3=C(CC[C@]12C)[C@@]1(C)CC[C@H](O)[C@@H](C)C1CC3. The zero-order chi connectivity index (χ0) is 22.8. The molecule has 0 aromatic heterocycles. The van der Waals surface area contributed by atoms with Crippen molar-refractivity contribution in [1.82, 2.24) is 0 Å². The van der Waals surface area contributed by atoms with Crippen molar-refractivity contribution in [3.8, 4) is 0 Å². The third kappa shape index (κ3) is 3.43. The fourth-order valence-electron chi connectivity index (χ4n) is 9.15. The van der Waals surface area contributed by atoms with Gasteiger partial charge in [-0.3, -0.25) is 0 Å². The Hall–Kier alpha value is -0.560. The molecule has 0 saturated heterocycles. The lowest BCUT2D eigenvalue weighted by Gasteiger charge is -2.60. The third-order valence-corrected chi connectivity index (χ3v) is 11.9. The van der Waals surface area contributed by atoms with Crippen LogP contribution < -0.4 is 0 Å². The third-order valence-electron chi connectivity index (χ3n) is 11.9. The van der Waals surface area contributed by atoms with Gasteiger partial charge in [0.05, 0.1) is 6.10 Å². The van der Waals surface area contributed by atoms with Crippen LogP contribution in [0.5, 0.6) is 0 Å². The molecule has 0 spiro atoms. The summed E-state index contributed by atoms with van der Waals surface area (Å²) in [7, 11) is 0. The summed E-state index contributed by atoms with van der Waals surface area (Å²) in [6.45, 7) is 19.7. The normalized spacial score (nSPS) is 45.6. The van der Waals surface area contributed by atoms with Gasteiger partial charge in [0.15, 0.2) is 0 Å². The molecule has 0 radical (unpaired) electrons. The maximum absolute atomic E-state index is 10.6. The summed E-state index contributed by atoms with van der Waals surface area (Å²) in [6.07, 6.45) is 12.9. The number of hydrogen-bond donors (Lipinski definition) is 1. The first kappa shape index (κ1) is 23.6. The predicted molar refractivity (Wildman–Crippen MR) is 133 cm³/mol. The highest BCUT2D eigenvalue weighted by Crippen LogP contribution is 2.71. The average Bonchev–Trinajstić information content (AvgIpc) is 3.00. The van der Waals surface area contributed by atoms with Crippen LogP contribution >= 0.6 is 0 Å². The van der Waals surface area contributed by atoms with Gasteiger partial charge >= 0.3 is 0 Å². The summed E-state index contributed by atoms with van der Waals surface area (Å²) in [4.78, 5) is 0. The van der Waals surface area contributed by atoms with Gasteiger partial charge in [0.1, 0.15) is 0 Å². The molecule has 2 fully saturated rings. The van der Waals surface area contributed by atoms with Crippen molar-refractivity contribution in [2.45, 2.75) is 126 Å². The van der Waals surface area contributed by atoms with E-state index < -0.39 is 0 Å². The molecule has 0 aromatic rings. The number of rotatable bonds is 4. The summed E-state index contributed by atoms with van der Waals surface area (Å²) in [6, 6.07) is 0. The topological polar surface area (TPSA) is 20.2 Å². The number of aliphatic hydroxyl groups excluding tert-OH is 1. The van der Waals surface area contributed by atoms with Crippen LogP contribution in [0.1, 0.15) is 120 Å². The molecule has 1 nitrogen and oxygen atoms in total. The minimum atomic E-state index is -0.0781. The Labute approximate surface area is 193 Å². The van der Waals surface area contributed by atoms with Crippen molar-refractivity contribution >= 4 is 0 Å². The van der Waals surface area contributed by atoms with E-state index in [0.717, 1.165) is 18.3 Å². The molecule has 0 aromatic carbocycles. The molecule has 2 unspecified atom stereocenters. The van der Waals surface area contributed by atoms with Crippen LogP contribution in [0.3, 0.4) is 0 Å². The number of hydrogen-bond acceptors (Lipinski definition) is 1. The maximum Gasteiger partial charge on any atom is 0.0569 e. The molecule has 0 amide bonds. The van der Waals surface area contributed by atoms with E-state index in [0.29, 0.717) is 28.1 Å². The molecule has 4 aliphatic rings. The molecule has 4 rings (SSSR count). The monoisotopic (exact) mass is 426 g/mol. The van der Waals surface area contributed by atoms with Crippen molar-refractivity contribution in [2.75, 3.05) is 0 Å². The van der Waals surface area contributed by atoms with Crippen LogP contribution in [0.2, 0.25) is 0 Å². The fraction of sp³-hybridized carbons (Fsp3) is 0.867. The van der Waals surface area contributed by atoms with Crippen LogP contribution in [-0.2, 0) is 0 Å². The van der Waals surface area contributed by atoms with E-state index >= 15 is 0 Å². The molecule has 31 heavy (non-hydrogen) atoms. The number of allylic oxidation sites excluding steroid dienone is 4. The van der Waals surface area contributed by atoms with Crippen LogP contribution in [0.4, 0.5) is 0 Å². The first-order chi connectivity index (χ1) is 14.5. The first-order valence-corrected chi connectivity index (χ1v) is 13.5. The Balaban J connectivity index is 1.62. The second-order valence-electron chi connectivity index (χ2n) is 13.2. The summed E-state index contributed by atoms with van der Waals surface area (Å²) in [5, 5.41) is 10.6. The highest BCUT2D eigenvalue weighted by atomic mass is 16.3. The Kier molecular flexibility index (Phi) is 6.11. The quantitative estimate of drug-likeness (QED) is 0.447. The molecule has 8 atom stereocenters. The van der Waals surface area contributed by atoms with Gasteiger partial charge in [-0.05, 0) is 125 Å². The summed E-state index contributed by atoms with van der Waals surface area (Å²) >= 11 is 0. The van der Waals surface area contributed by atoms with Crippen molar-refractivity contribution in [1.29, 1.82) is 0 Å². The molecule has 2 saturated carbocycles. The highest BCUT2D eigenvalue weighted by molar-refractivity contribution is 5.38. The standard InChI is InChI=1S/C30H50O/c1-19(2)20(3)9-10-21(4)23-13-17-30(8)26-12-11-24-22(5)27(31)15-16-28(24,6)25(26)14-18-29(23,30)7/h21-24,27,31H,9-18H2,1-8H3/t21-,22+,23?,24?,27+,28+,29-,30+/m1/s1. The second kappa shape index (κ2) is 8.03. The molecule has 1 heteroatoms. The lowest BCUT2D eigenvalue weighted by Crippen LogP contribution is -2.51. The van der Waals surface area contributed by atoms with Crippen LogP contribution in [0.25, 0.3) is 0 Å². The molecule has 0 aliphatic heterocycles. The van der Waals surface area contributed by atoms with Crippen LogP contribution in [-0.4, -0.2) is 11.2 Å². The maximum atomic E-state index is 10.6. The van der Waals surface area contributed by atoms with Gasteiger partial charge in [-0.15, -0.1) is 0 Å². The van der Waals surface area contributed by atoms with Gasteiger partial charge in [0, 0.05) is 0 Å². The average molecular weight is 427 g/mol. The first-order valence-electron chi connectivity index (χ1n) is 13.5. The van der Waals surface area contributed by atoms with Gasteiger partial charge in [0.2, 0.25) is 0 Å². The van der Waals surface area contributed by atoms with E-state index in [4.69, 9.17) is 0 Å². The molecular formula is C30H50O.